The van der Waals surface area contributed by atoms with Crippen molar-refractivity contribution in [1.29, 1.82) is 0 Å². The lowest BCUT2D eigenvalue weighted by molar-refractivity contribution is -0.0541. The van der Waals surface area contributed by atoms with E-state index in [1.165, 1.54) is 19.4 Å². The summed E-state index contributed by atoms with van der Waals surface area (Å²) in [6, 6.07) is 2.44. The van der Waals surface area contributed by atoms with Crippen LogP contribution in [0, 0.1) is 0 Å². The normalized spacial score (nSPS) is 28.3. The van der Waals surface area contributed by atoms with Crippen LogP contribution in [0.2, 0.25) is 0 Å². The molecule has 98 valence electrons. The molecule has 2 atom stereocenters. The molecule has 5 heteroatoms. The van der Waals surface area contributed by atoms with E-state index < -0.39 is 0 Å². The second kappa shape index (κ2) is 4.82. The van der Waals surface area contributed by atoms with Crippen LogP contribution in [0.1, 0.15) is 37.4 Å². The number of fused-ring (bicyclic) bond motifs is 1. The molecule has 2 N–H and O–H groups in total. The Balaban J connectivity index is 1.80. The molecule has 3 rings (SSSR count). The molecule has 2 saturated heterocycles. The molecule has 0 radical (unpaired) electrons. The number of rotatable bonds is 2. The van der Waals surface area contributed by atoms with Gasteiger partial charge < -0.3 is 10.5 Å². The van der Waals surface area contributed by atoms with Gasteiger partial charge in [0, 0.05) is 24.3 Å². The lowest BCUT2D eigenvalue weighted by Gasteiger charge is -2.34. The Bertz CT molecular complexity index is 437. The van der Waals surface area contributed by atoms with Gasteiger partial charge in [-0.1, -0.05) is 6.92 Å². The van der Waals surface area contributed by atoms with Crippen LogP contribution in [0.25, 0.3) is 0 Å². The highest BCUT2D eigenvalue weighted by molar-refractivity contribution is 5.30. The molecule has 0 aromatic carbocycles. The Morgan fingerprint density at radius 1 is 1.50 bits per heavy atom. The molecule has 18 heavy (non-hydrogen) atoms. The highest BCUT2D eigenvalue weighted by atomic mass is 16.5. The Morgan fingerprint density at radius 2 is 2.39 bits per heavy atom. The van der Waals surface area contributed by atoms with Gasteiger partial charge >= 0.3 is 0 Å². The van der Waals surface area contributed by atoms with E-state index >= 15 is 0 Å². The SMILES string of the molecule is CCc1cc(N)nc(C2CN3CCCC3CO2)n1. The van der Waals surface area contributed by atoms with Crippen LogP contribution in [0.3, 0.4) is 0 Å². The van der Waals surface area contributed by atoms with Crippen LogP contribution in [0.4, 0.5) is 5.82 Å². The fourth-order valence-electron chi connectivity index (χ4n) is 2.84. The van der Waals surface area contributed by atoms with E-state index in [0.717, 1.165) is 31.1 Å². The number of morpholine rings is 1. The first-order valence-electron chi connectivity index (χ1n) is 6.75. The number of hydrogen-bond donors (Lipinski definition) is 1. The van der Waals surface area contributed by atoms with Crippen LogP contribution in [-0.4, -0.2) is 40.6 Å². The Hall–Kier alpha value is -1.20. The van der Waals surface area contributed by atoms with Gasteiger partial charge in [-0.05, 0) is 25.8 Å². The van der Waals surface area contributed by atoms with Gasteiger partial charge in [0.2, 0.25) is 0 Å². The zero-order chi connectivity index (χ0) is 12.5. The third kappa shape index (κ3) is 2.20. The summed E-state index contributed by atoms with van der Waals surface area (Å²) < 4.78 is 5.91. The van der Waals surface area contributed by atoms with Gasteiger partial charge in [-0.2, -0.15) is 0 Å². The minimum atomic E-state index is -0.0202. The topological polar surface area (TPSA) is 64.3 Å². The van der Waals surface area contributed by atoms with Gasteiger partial charge in [-0.25, -0.2) is 9.97 Å². The molecule has 0 bridgehead atoms. The molecule has 2 aliphatic heterocycles. The van der Waals surface area contributed by atoms with Crippen LogP contribution in [0.15, 0.2) is 6.07 Å². The molecule has 2 aliphatic rings. The highest BCUT2D eigenvalue weighted by Gasteiger charge is 2.34. The van der Waals surface area contributed by atoms with E-state index in [2.05, 4.69) is 21.8 Å². The van der Waals surface area contributed by atoms with Gasteiger partial charge in [0.25, 0.3) is 0 Å². The number of nitrogens with two attached hydrogens (primary N) is 1. The molecule has 2 fully saturated rings. The predicted molar refractivity (Wildman–Crippen MR) is 69.1 cm³/mol. The summed E-state index contributed by atoms with van der Waals surface area (Å²) in [5.41, 5.74) is 6.82. The number of aromatic nitrogens is 2. The summed E-state index contributed by atoms with van der Waals surface area (Å²) in [6.07, 6.45) is 3.38. The van der Waals surface area contributed by atoms with Crippen LogP contribution in [-0.2, 0) is 11.2 Å². The summed E-state index contributed by atoms with van der Waals surface area (Å²) >= 11 is 0. The monoisotopic (exact) mass is 248 g/mol. The van der Waals surface area contributed by atoms with Crippen LogP contribution < -0.4 is 5.73 Å². The Labute approximate surface area is 107 Å². The van der Waals surface area contributed by atoms with E-state index in [4.69, 9.17) is 10.5 Å². The fourth-order valence-corrected chi connectivity index (χ4v) is 2.84. The molecule has 3 heterocycles. The van der Waals surface area contributed by atoms with Crippen molar-refractivity contribution in [2.24, 2.45) is 0 Å². The lowest BCUT2D eigenvalue weighted by atomic mass is 10.1. The van der Waals surface area contributed by atoms with Crippen molar-refractivity contribution < 1.29 is 4.74 Å². The van der Waals surface area contributed by atoms with Crippen molar-refractivity contribution in [2.75, 3.05) is 25.4 Å². The molecule has 0 spiro atoms. The zero-order valence-electron chi connectivity index (χ0n) is 10.8. The van der Waals surface area contributed by atoms with E-state index in [-0.39, 0.29) is 6.10 Å². The average molecular weight is 248 g/mol. The van der Waals surface area contributed by atoms with Crippen LogP contribution >= 0.6 is 0 Å². The highest BCUT2D eigenvalue weighted by Crippen LogP contribution is 2.28. The number of nitrogens with zero attached hydrogens (tertiary/aromatic N) is 3. The maximum atomic E-state index is 5.91. The van der Waals surface area contributed by atoms with Crippen molar-refractivity contribution in [3.63, 3.8) is 0 Å². The van der Waals surface area contributed by atoms with Gasteiger partial charge in [-0.15, -0.1) is 0 Å². The van der Waals surface area contributed by atoms with Crippen LogP contribution in [0.5, 0.6) is 0 Å². The largest absolute Gasteiger partial charge is 0.384 e. The maximum absolute atomic E-state index is 5.91. The second-order valence-electron chi connectivity index (χ2n) is 5.11. The number of aryl methyl sites for hydroxylation is 1. The van der Waals surface area contributed by atoms with Gasteiger partial charge in [-0.3, -0.25) is 4.90 Å². The zero-order valence-corrected chi connectivity index (χ0v) is 10.8. The molecule has 0 aliphatic carbocycles. The van der Waals surface area contributed by atoms with E-state index in [0.29, 0.717) is 11.9 Å². The summed E-state index contributed by atoms with van der Waals surface area (Å²) in [5, 5.41) is 0. The molecule has 0 amide bonds. The molecule has 5 nitrogen and oxygen atoms in total. The van der Waals surface area contributed by atoms with E-state index in [1.54, 1.807) is 0 Å². The van der Waals surface area contributed by atoms with Crippen molar-refractivity contribution >= 4 is 5.82 Å². The number of hydrogen-bond acceptors (Lipinski definition) is 5. The molecule has 0 saturated carbocycles. The first-order chi connectivity index (χ1) is 8.76. The smallest absolute Gasteiger partial charge is 0.161 e. The number of ether oxygens (including phenoxy) is 1. The quantitative estimate of drug-likeness (QED) is 0.850. The van der Waals surface area contributed by atoms with E-state index in [1.807, 2.05) is 6.07 Å². The van der Waals surface area contributed by atoms with Gasteiger partial charge in [0.05, 0.1) is 6.61 Å². The molecule has 1 aromatic rings. The third-order valence-corrected chi connectivity index (χ3v) is 3.86. The summed E-state index contributed by atoms with van der Waals surface area (Å²) in [4.78, 5) is 11.4. The minimum absolute atomic E-state index is 0.0202. The summed E-state index contributed by atoms with van der Waals surface area (Å²) in [6.45, 7) is 4.94. The molecular formula is C13H20N4O. The summed E-state index contributed by atoms with van der Waals surface area (Å²) in [5.74, 6) is 1.29. The predicted octanol–water partition coefficient (Wildman–Crippen LogP) is 1.16. The van der Waals surface area contributed by atoms with Gasteiger partial charge in [0.15, 0.2) is 5.82 Å². The minimum Gasteiger partial charge on any atom is -0.384 e. The average Bonchev–Trinajstić information content (AvgIpc) is 2.85. The fraction of sp³-hybridized carbons (Fsp3) is 0.692. The Kier molecular flexibility index (Phi) is 3.18. The Morgan fingerprint density at radius 3 is 3.22 bits per heavy atom. The second-order valence-corrected chi connectivity index (χ2v) is 5.11. The first kappa shape index (κ1) is 11.9. The first-order valence-corrected chi connectivity index (χ1v) is 6.75. The summed E-state index contributed by atoms with van der Waals surface area (Å²) in [7, 11) is 0. The van der Waals surface area contributed by atoms with Gasteiger partial charge in [0.1, 0.15) is 11.9 Å². The number of nitrogen functional groups attached to an aromatic ring is 1. The molecule has 2 unspecified atom stereocenters. The third-order valence-electron chi connectivity index (χ3n) is 3.86. The van der Waals surface area contributed by atoms with Crippen molar-refractivity contribution in [2.45, 2.75) is 38.3 Å². The maximum Gasteiger partial charge on any atom is 0.161 e. The van der Waals surface area contributed by atoms with E-state index in [9.17, 15) is 0 Å². The molecule has 1 aromatic heterocycles. The standard InChI is InChI=1S/C13H20N4O/c1-2-9-6-12(14)16-13(15-9)11-7-17-5-3-4-10(17)8-18-11/h6,10-11H,2-5,7-8H2,1H3,(H2,14,15,16). The molecular weight excluding hydrogens is 228 g/mol. The van der Waals surface area contributed by atoms with Crippen molar-refractivity contribution in [3.8, 4) is 0 Å². The lowest BCUT2D eigenvalue weighted by Crippen LogP contribution is -2.42. The van der Waals surface area contributed by atoms with Crippen molar-refractivity contribution in [3.05, 3.63) is 17.6 Å². The van der Waals surface area contributed by atoms with Crippen molar-refractivity contribution in [1.82, 2.24) is 14.9 Å². The number of anilines is 1.